The number of nitrogens with zero attached hydrogens (tertiary/aromatic N) is 3. The maximum atomic E-state index is 5.94. The quantitative estimate of drug-likeness (QED) is 0.685. The number of methoxy groups -OCH3 is 1. The van der Waals surface area contributed by atoms with Crippen LogP contribution in [0.3, 0.4) is 0 Å². The Balaban J connectivity index is 1.82. The van der Waals surface area contributed by atoms with Crippen molar-refractivity contribution in [3.05, 3.63) is 71.9 Å². The minimum atomic E-state index is -0.00468. The van der Waals surface area contributed by atoms with Gasteiger partial charge in [0.1, 0.15) is 5.82 Å². The molecule has 3 aromatic rings. The van der Waals surface area contributed by atoms with Crippen LogP contribution in [0.2, 0.25) is 0 Å². The van der Waals surface area contributed by atoms with Crippen molar-refractivity contribution in [1.29, 1.82) is 0 Å². The Labute approximate surface area is 170 Å². The number of hydrogen-bond acceptors (Lipinski definition) is 5. The van der Waals surface area contributed by atoms with Crippen molar-refractivity contribution in [2.24, 2.45) is 10.7 Å². The molecule has 6 nitrogen and oxygen atoms in total. The lowest BCUT2D eigenvalue weighted by molar-refractivity contribution is 0.309. The Morgan fingerprint density at radius 1 is 1.14 bits per heavy atom. The van der Waals surface area contributed by atoms with Crippen LogP contribution in [0.15, 0.2) is 65.6 Å². The third-order valence-corrected chi connectivity index (χ3v) is 5.17. The van der Waals surface area contributed by atoms with Gasteiger partial charge in [-0.3, -0.25) is 9.98 Å². The molecule has 2 aromatic heterocycles. The van der Waals surface area contributed by atoms with E-state index in [1.807, 2.05) is 18.2 Å². The summed E-state index contributed by atoms with van der Waals surface area (Å²) in [5, 5.41) is 0. The number of nitrogens with one attached hydrogen (secondary N) is 1. The zero-order valence-electron chi connectivity index (χ0n) is 16.9. The van der Waals surface area contributed by atoms with Gasteiger partial charge in [0.25, 0.3) is 0 Å². The zero-order chi connectivity index (χ0) is 20.4. The number of aliphatic imine (C=N–C) groups is 1. The first-order valence-corrected chi connectivity index (χ1v) is 9.73. The van der Waals surface area contributed by atoms with Gasteiger partial charge in [0.15, 0.2) is 11.6 Å². The molecule has 1 aromatic carbocycles. The molecule has 1 atom stereocenters. The van der Waals surface area contributed by atoms with E-state index in [2.05, 4.69) is 53.1 Å². The number of aromatic amines is 1. The van der Waals surface area contributed by atoms with Crippen LogP contribution < -0.4 is 5.73 Å². The van der Waals surface area contributed by atoms with E-state index in [0.29, 0.717) is 24.1 Å². The van der Waals surface area contributed by atoms with Crippen molar-refractivity contribution in [3.8, 4) is 22.6 Å². The molecule has 6 heteroatoms. The van der Waals surface area contributed by atoms with Crippen LogP contribution in [0.4, 0.5) is 0 Å². The molecule has 0 saturated carbocycles. The summed E-state index contributed by atoms with van der Waals surface area (Å²) in [6, 6.07) is 12.4. The van der Waals surface area contributed by atoms with Gasteiger partial charge in [0, 0.05) is 29.4 Å². The summed E-state index contributed by atoms with van der Waals surface area (Å²) in [5.41, 5.74) is 11.2. The number of dihydropyridines is 1. The largest absolute Gasteiger partial charge is 0.493 e. The molecule has 1 unspecified atom stereocenters. The fraction of sp³-hybridized carbons (Fsp3) is 0.261. The number of ether oxygens (including phenoxy) is 1. The van der Waals surface area contributed by atoms with Gasteiger partial charge >= 0.3 is 0 Å². The first kappa shape index (κ1) is 18.9. The summed E-state index contributed by atoms with van der Waals surface area (Å²) >= 11 is 0. The molecule has 0 bridgehead atoms. The average Bonchev–Trinajstić information content (AvgIpc) is 3.20. The summed E-state index contributed by atoms with van der Waals surface area (Å²) in [7, 11) is 1.61. The number of benzene rings is 1. The molecule has 0 radical (unpaired) electrons. The Morgan fingerprint density at radius 2 is 1.93 bits per heavy atom. The van der Waals surface area contributed by atoms with Crippen molar-refractivity contribution >= 4 is 5.84 Å². The molecule has 0 aliphatic carbocycles. The molecule has 1 aliphatic heterocycles. The van der Waals surface area contributed by atoms with Gasteiger partial charge in [0.2, 0.25) is 0 Å². The summed E-state index contributed by atoms with van der Waals surface area (Å²) in [4.78, 5) is 17.1. The smallest absolute Gasteiger partial charge is 0.161 e. The number of H-pyrrole nitrogens is 1. The predicted octanol–water partition coefficient (Wildman–Crippen LogP) is 4.25. The van der Waals surface area contributed by atoms with Gasteiger partial charge in [-0.25, -0.2) is 4.98 Å². The van der Waals surface area contributed by atoms with Crippen LogP contribution >= 0.6 is 0 Å². The van der Waals surface area contributed by atoms with Crippen molar-refractivity contribution < 1.29 is 4.74 Å². The lowest BCUT2D eigenvalue weighted by Gasteiger charge is -2.18. The number of imidazole rings is 1. The molecular formula is C23H25N5O. The monoisotopic (exact) mass is 387 g/mol. The highest BCUT2D eigenvalue weighted by Crippen LogP contribution is 2.33. The fourth-order valence-electron chi connectivity index (χ4n) is 3.51. The minimum Gasteiger partial charge on any atom is -0.493 e. The van der Waals surface area contributed by atoms with Gasteiger partial charge in [-0.1, -0.05) is 32.0 Å². The molecule has 1 aliphatic rings. The van der Waals surface area contributed by atoms with E-state index in [-0.39, 0.29) is 5.92 Å². The van der Waals surface area contributed by atoms with E-state index < -0.39 is 0 Å². The van der Waals surface area contributed by atoms with Crippen LogP contribution in [-0.2, 0) is 4.74 Å². The lowest BCUT2D eigenvalue weighted by Crippen LogP contribution is -2.23. The van der Waals surface area contributed by atoms with Gasteiger partial charge in [-0.15, -0.1) is 0 Å². The number of hydrogen-bond donors (Lipinski definition) is 2. The molecular weight excluding hydrogens is 362 g/mol. The van der Waals surface area contributed by atoms with Gasteiger partial charge in [-0.05, 0) is 35.8 Å². The van der Waals surface area contributed by atoms with Crippen LogP contribution in [0.1, 0.15) is 36.9 Å². The predicted molar refractivity (Wildman–Crippen MR) is 116 cm³/mol. The lowest BCUT2D eigenvalue weighted by atomic mass is 9.98. The molecule has 29 heavy (non-hydrogen) atoms. The maximum absolute atomic E-state index is 5.94. The molecule has 4 rings (SSSR count). The minimum absolute atomic E-state index is 0.00468. The van der Waals surface area contributed by atoms with Crippen LogP contribution in [0.25, 0.3) is 22.6 Å². The number of aromatic nitrogens is 3. The highest BCUT2D eigenvalue weighted by Gasteiger charge is 2.24. The van der Waals surface area contributed by atoms with Crippen molar-refractivity contribution in [2.45, 2.75) is 25.7 Å². The zero-order valence-corrected chi connectivity index (χ0v) is 16.9. The van der Waals surface area contributed by atoms with Crippen LogP contribution in [-0.4, -0.2) is 34.4 Å². The first-order valence-electron chi connectivity index (χ1n) is 9.73. The van der Waals surface area contributed by atoms with Crippen LogP contribution in [0, 0.1) is 0 Å². The highest BCUT2D eigenvalue weighted by molar-refractivity contribution is 5.96. The molecule has 0 fully saturated rings. The summed E-state index contributed by atoms with van der Waals surface area (Å²) in [6.45, 7) is 4.93. The third-order valence-electron chi connectivity index (χ3n) is 5.17. The van der Waals surface area contributed by atoms with Crippen molar-refractivity contribution in [2.75, 3.05) is 13.7 Å². The Hall–Kier alpha value is -3.41. The van der Waals surface area contributed by atoms with Crippen LogP contribution in [0.5, 0.6) is 0 Å². The number of rotatable bonds is 5. The number of amidine groups is 1. The molecule has 148 valence electrons. The standard InChI is InChI=1S/C23H25N5O/c1-14(2)16-5-4-6-17(11-16)23-27-20(15-7-9-25-10-8-15)21(28-23)18-12-19(29-3)22(24)26-13-18/h4-12,14,18H,13H2,1-3H3,(H2,24,26)(H,27,28). The van der Waals surface area contributed by atoms with E-state index in [4.69, 9.17) is 15.5 Å². The SMILES string of the molecule is COC1=CC(c2[nH]c(-c3cccc(C(C)C)c3)nc2-c2ccncc2)CN=C1N. The topological polar surface area (TPSA) is 89.2 Å². The van der Waals surface area contributed by atoms with Crippen molar-refractivity contribution in [1.82, 2.24) is 15.0 Å². The molecule has 0 spiro atoms. The molecule has 3 heterocycles. The van der Waals surface area contributed by atoms with Crippen molar-refractivity contribution in [3.63, 3.8) is 0 Å². The Bertz CT molecular complexity index is 1070. The van der Waals surface area contributed by atoms with E-state index in [1.54, 1.807) is 19.5 Å². The Kier molecular flexibility index (Phi) is 5.16. The maximum Gasteiger partial charge on any atom is 0.161 e. The van der Waals surface area contributed by atoms with Gasteiger partial charge < -0.3 is 15.5 Å². The molecule has 3 N–H and O–H groups in total. The summed E-state index contributed by atoms with van der Waals surface area (Å²) < 4.78 is 5.40. The second kappa shape index (κ2) is 7.91. The van der Waals surface area contributed by atoms with E-state index in [9.17, 15) is 0 Å². The second-order valence-corrected chi connectivity index (χ2v) is 7.43. The third kappa shape index (κ3) is 3.78. The summed E-state index contributed by atoms with van der Waals surface area (Å²) in [6.07, 6.45) is 5.56. The average molecular weight is 387 g/mol. The number of pyridine rings is 1. The normalized spacial score (nSPS) is 16.5. The molecule has 0 saturated heterocycles. The first-order chi connectivity index (χ1) is 14.1. The van der Waals surface area contributed by atoms with E-state index in [0.717, 1.165) is 28.3 Å². The van der Waals surface area contributed by atoms with Gasteiger partial charge in [-0.2, -0.15) is 0 Å². The Morgan fingerprint density at radius 3 is 2.66 bits per heavy atom. The fourth-order valence-corrected chi connectivity index (χ4v) is 3.51. The number of nitrogens with two attached hydrogens (primary N) is 1. The summed E-state index contributed by atoms with van der Waals surface area (Å²) in [5.74, 6) is 2.31. The molecule has 0 amide bonds. The second-order valence-electron chi connectivity index (χ2n) is 7.43. The highest BCUT2D eigenvalue weighted by atomic mass is 16.5. The van der Waals surface area contributed by atoms with E-state index in [1.165, 1.54) is 5.56 Å². The van der Waals surface area contributed by atoms with Gasteiger partial charge in [0.05, 0.1) is 25.0 Å². The van der Waals surface area contributed by atoms with E-state index >= 15 is 0 Å².